The van der Waals surface area contributed by atoms with Gasteiger partial charge in [-0.25, -0.2) is 0 Å². The van der Waals surface area contributed by atoms with E-state index in [4.69, 9.17) is 22.5 Å². The second-order valence-electron chi connectivity index (χ2n) is 3.93. The van der Waals surface area contributed by atoms with E-state index < -0.39 is 24.5 Å². The molecule has 0 saturated carbocycles. The van der Waals surface area contributed by atoms with Crippen molar-refractivity contribution >= 4 is 23.1 Å². The minimum atomic E-state index is -4.61. The van der Waals surface area contributed by atoms with Gasteiger partial charge in [0.15, 0.2) is 5.84 Å². The average Bonchev–Trinajstić information content (AvgIpc) is 2.30. The molecule has 0 heterocycles. The maximum atomic E-state index is 12.7. The van der Waals surface area contributed by atoms with Crippen LogP contribution < -0.4 is 11.1 Å². The van der Waals surface area contributed by atoms with Crippen LogP contribution in [0.3, 0.4) is 0 Å². The Bertz CT molecular complexity index is 456. The van der Waals surface area contributed by atoms with Crippen molar-refractivity contribution in [3.05, 3.63) is 28.8 Å². The van der Waals surface area contributed by atoms with Gasteiger partial charge >= 0.3 is 6.18 Å². The summed E-state index contributed by atoms with van der Waals surface area (Å²) in [5.74, 6) is -2.99. The van der Waals surface area contributed by atoms with Crippen LogP contribution in [0, 0.1) is 12.8 Å². The standard InChI is InChI=1S/C11H13ClF3N3O/c1-6-3-2-4-8(12)9(6)17-5-7(10(16)18-19)11(13,14)15/h2-4,7,17,19H,5H2,1H3,(H2,16,18). The van der Waals surface area contributed by atoms with Crippen molar-refractivity contribution in [2.45, 2.75) is 13.1 Å². The Hall–Kier alpha value is -1.63. The quantitative estimate of drug-likeness (QED) is 0.346. The number of para-hydroxylation sites is 1. The number of halogens is 4. The molecule has 8 heteroatoms. The smallest absolute Gasteiger partial charge is 0.400 e. The Balaban J connectivity index is 2.89. The number of alkyl halides is 3. The van der Waals surface area contributed by atoms with Gasteiger partial charge in [-0.3, -0.25) is 0 Å². The van der Waals surface area contributed by atoms with Crippen LogP contribution >= 0.6 is 11.6 Å². The maximum Gasteiger partial charge on any atom is 0.400 e. The lowest BCUT2D eigenvalue weighted by Crippen LogP contribution is -2.40. The number of nitrogens with two attached hydrogens (primary N) is 1. The Kier molecular flexibility index (Phi) is 4.88. The molecular weight excluding hydrogens is 283 g/mol. The number of nitrogens with zero attached hydrogens (tertiary/aromatic N) is 1. The number of amidine groups is 1. The fourth-order valence-corrected chi connectivity index (χ4v) is 1.81. The molecule has 1 atom stereocenters. The predicted octanol–water partition coefficient (Wildman–Crippen LogP) is 2.99. The number of aryl methyl sites for hydroxylation is 1. The van der Waals surface area contributed by atoms with E-state index in [1.807, 2.05) is 0 Å². The van der Waals surface area contributed by atoms with Gasteiger partial charge in [0, 0.05) is 6.54 Å². The van der Waals surface area contributed by atoms with Gasteiger partial charge in [0.25, 0.3) is 0 Å². The zero-order valence-corrected chi connectivity index (χ0v) is 10.8. The van der Waals surface area contributed by atoms with Crippen LogP contribution in [0.4, 0.5) is 18.9 Å². The third-order valence-corrected chi connectivity index (χ3v) is 2.89. The second-order valence-corrected chi connectivity index (χ2v) is 4.34. The Labute approximate surface area is 113 Å². The summed E-state index contributed by atoms with van der Waals surface area (Å²) in [6, 6.07) is 4.96. The molecule has 4 nitrogen and oxygen atoms in total. The van der Waals surface area contributed by atoms with Gasteiger partial charge in [0.05, 0.1) is 10.7 Å². The summed E-state index contributed by atoms with van der Waals surface area (Å²) in [7, 11) is 0. The van der Waals surface area contributed by atoms with Crippen LogP contribution in [-0.4, -0.2) is 23.8 Å². The third-order valence-electron chi connectivity index (χ3n) is 2.57. The van der Waals surface area contributed by atoms with Crippen LogP contribution in [-0.2, 0) is 0 Å². The van der Waals surface area contributed by atoms with Crippen molar-refractivity contribution in [1.29, 1.82) is 0 Å². The van der Waals surface area contributed by atoms with Gasteiger partial charge in [-0.1, -0.05) is 28.9 Å². The van der Waals surface area contributed by atoms with Crippen molar-refractivity contribution in [2.24, 2.45) is 16.8 Å². The Morgan fingerprint density at radius 3 is 2.63 bits per heavy atom. The molecule has 0 aromatic heterocycles. The second kappa shape index (κ2) is 6.01. The number of hydrogen-bond donors (Lipinski definition) is 3. The van der Waals surface area contributed by atoms with Gasteiger partial charge in [-0.15, -0.1) is 0 Å². The lowest BCUT2D eigenvalue weighted by Gasteiger charge is -2.21. The zero-order chi connectivity index (χ0) is 14.6. The summed E-state index contributed by atoms with van der Waals surface area (Å²) in [5.41, 5.74) is 6.15. The minimum Gasteiger partial charge on any atom is -0.409 e. The van der Waals surface area contributed by atoms with Crippen LogP contribution in [0.5, 0.6) is 0 Å². The number of rotatable bonds is 4. The van der Waals surface area contributed by atoms with E-state index in [0.29, 0.717) is 16.3 Å². The lowest BCUT2D eigenvalue weighted by atomic mass is 10.1. The molecule has 1 rings (SSSR count). The molecule has 0 bridgehead atoms. The predicted molar refractivity (Wildman–Crippen MR) is 67.6 cm³/mol. The molecule has 0 saturated heterocycles. The topological polar surface area (TPSA) is 70.6 Å². The Morgan fingerprint density at radius 2 is 2.16 bits per heavy atom. The first-order valence-electron chi connectivity index (χ1n) is 5.30. The van der Waals surface area contributed by atoms with E-state index in [1.54, 1.807) is 25.1 Å². The highest BCUT2D eigenvalue weighted by atomic mass is 35.5. The van der Waals surface area contributed by atoms with E-state index >= 15 is 0 Å². The molecule has 0 radical (unpaired) electrons. The van der Waals surface area contributed by atoms with Crippen LogP contribution in [0.25, 0.3) is 0 Å². The van der Waals surface area contributed by atoms with Gasteiger partial charge in [0.2, 0.25) is 0 Å². The summed E-state index contributed by atoms with van der Waals surface area (Å²) >= 11 is 5.89. The summed E-state index contributed by atoms with van der Waals surface area (Å²) < 4.78 is 38.1. The van der Waals surface area contributed by atoms with E-state index in [-0.39, 0.29) is 0 Å². The molecule has 4 N–H and O–H groups in total. The van der Waals surface area contributed by atoms with E-state index in [0.717, 1.165) is 0 Å². The first-order valence-corrected chi connectivity index (χ1v) is 5.68. The molecule has 19 heavy (non-hydrogen) atoms. The van der Waals surface area contributed by atoms with Gasteiger partial charge in [0.1, 0.15) is 5.92 Å². The summed E-state index contributed by atoms with van der Waals surface area (Å²) in [4.78, 5) is 0. The van der Waals surface area contributed by atoms with Gasteiger partial charge in [-0.05, 0) is 18.6 Å². The fraction of sp³-hybridized carbons (Fsp3) is 0.364. The Morgan fingerprint density at radius 1 is 1.53 bits per heavy atom. The highest BCUT2D eigenvalue weighted by Gasteiger charge is 2.42. The largest absolute Gasteiger partial charge is 0.409 e. The SMILES string of the molecule is Cc1cccc(Cl)c1NCC(/C(N)=N/O)C(F)(F)F. The van der Waals surface area contributed by atoms with Crippen molar-refractivity contribution < 1.29 is 18.4 Å². The van der Waals surface area contributed by atoms with E-state index in [9.17, 15) is 13.2 Å². The van der Waals surface area contributed by atoms with Crippen molar-refractivity contribution in [3.63, 3.8) is 0 Å². The number of benzene rings is 1. The number of oxime groups is 1. The summed E-state index contributed by atoms with van der Waals surface area (Å²) in [6.07, 6.45) is -4.61. The number of nitrogens with one attached hydrogen (secondary N) is 1. The van der Waals surface area contributed by atoms with E-state index in [2.05, 4.69) is 10.5 Å². The highest BCUT2D eigenvalue weighted by Crippen LogP contribution is 2.29. The first kappa shape index (κ1) is 15.4. The molecule has 0 aliphatic rings. The highest BCUT2D eigenvalue weighted by molar-refractivity contribution is 6.33. The molecule has 106 valence electrons. The van der Waals surface area contributed by atoms with Crippen LogP contribution in [0.15, 0.2) is 23.4 Å². The monoisotopic (exact) mass is 295 g/mol. The number of anilines is 1. The van der Waals surface area contributed by atoms with Gasteiger partial charge < -0.3 is 16.3 Å². The normalized spacial score (nSPS) is 14.3. The maximum absolute atomic E-state index is 12.7. The fourth-order valence-electron chi connectivity index (χ4n) is 1.52. The molecule has 1 aromatic carbocycles. The van der Waals surface area contributed by atoms with Crippen LogP contribution in [0.1, 0.15) is 5.56 Å². The molecule has 1 aromatic rings. The van der Waals surface area contributed by atoms with Crippen molar-refractivity contribution in [1.82, 2.24) is 0 Å². The zero-order valence-electron chi connectivity index (χ0n) is 10.0. The van der Waals surface area contributed by atoms with E-state index in [1.165, 1.54) is 0 Å². The molecule has 1 unspecified atom stereocenters. The summed E-state index contributed by atoms with van der Waals surface area (Å²) in [6.45, 7) is 1.14. The number of hydrogen-bond acceptors (Lipinski definition) is 3. The van der Waals surface area contributed by atoms with Crippen molar-refractivity contribution in [3.8, 4) is 0 Å². The van der Waals surface area contributed by atoms with Crippen LogP contribution in [0.2, 0.25) is 5.02 Å². The van der Waals surface area contributed by atoms with Crippen molar-refractivity contribution in [2.75, 3.05) is 11.9 Å². The molecule has 0 spiro atoms. The third kappa shape index (κ3) is 3.92. The average molecular weight is 296 g/mol. The molecular formula is C11H13ClF3N3O. The summed E-state index contributed by atoms with van der Waals surface area (Å²) in [5, 5.41) is 13.7. The molecule has 0 aliphatic heterocycles. The molecule has 0 amide bonds. The molecule has 0 aliphatic carbocycles. The molecule has 0 fully saturated rings. The lowest BCUT2D eigenvalue weighted by molar-refractivity contribution is -0.152. The van der Waals surface area contributed by atoms with Gasteiger partial charge in [-0.2, -0.15) is 13.2 Å². The first-order chi connectivity index (χ1) is 8.77. The minimum absolute atomic E-state index is 0.306.